The molecule has 1 heterocycles. The summed E-state index contributed by atoms with van der Waals surface area (Å²) >= 11 is 11.7. The predicted molar refractivity (Wildman–Crippen MR) is 80.7 cm³/mol. The van der Waals surface area contributed by atoms with Crippen LogP contribution in [0.25, 0.3) is 6.08 Å². The van der Waals surface area contributed by atoms with Crippen LogP contribution in [0.5, 0.6) is 0 Å². The van der Waals surface area contributed by atoms with E-state index in [0.29, 0.717) is 22.0 Å². The summed E-state index contributed by atoms with van der Waals surface area (Å²) in [5.74, 6) is -0.190. The summed E-state index contributed by atoms with van der Waals surface area (Å²) in [6.45, 7) is 0. The monoisotopic (exact) mass is 333 g/mol. The smallest absolute Gasteiger partial charge is 0.244 e. The van der Waals surface area contributed by atoms with E-state index in [1.807, 2.05) is 0 Å². The fourth-order valence-corrected chi connectivity index (χ4v) is 4.22. The minimum absolute atomic E-state index is 0.00950. The topological polar surface area (TPSA) is 63.2 Å². The minimum atomic E-state index is -2.99. The number of hydrogen-bond acceptors (Lipinski definition) is 3. The van der Waals surface area contributed by atoms with Gasteiger partial charge in [-0.3, -0.25) is 4.79 Å². The third kappa shape index (κ3) is 4.51. The fraction of sp³-hybridized carbons (Fsp3) is 0.308. The van der Waals surface area contributed by atoms with E-state index in [4.69, 9.17) is 23.2 Å². The highest BCUT2D eigenvalue weighted by Gasteiger charge is 2.28. The maximum absolute atomic E-state index is 11.7. The van der Waals surface area contributed by atoms with Gasteiger partial charge in [-0.1, -0.05) is 23.2 Å². The van der Waals surface area contributed by atoms with Crippen LogP contribution < -0.4 is 5.32 Å². The van der Waals surface area contributed by atoms with Crippen molar-refractivity contribution in [3.63, 3.8) is 0 Å². The molecule has 1 amide bonds. The van der Waals surface area contributed by atoms with Gasteiger partial charge in [0.05, 0.1) is 11.5 Å². The SMILES string of the molecule is O=C(C=Cc1cc(Cl)cc(Cl)c1)NC1CCS(=O)(=O)C1. The third-order valence-electron chi connectivity index (χ3n) is 2.89. The van der Waals surface area contributed by atoms with Crippen molar-refractivity contribution in [3.8, 4) is 0 Å². The van der Waals surface area contributed by atoms with Crippen molar-refractivity contribution in [2.75, 3.05) is 11.5 Å². The molecular formula is C13H13Cl2NO3S. The maximum Gasteiger partial charge on any atom is 0.244 e. The van der Waals surface area contributed by atoms with Crippen LogP contribution in [0, 0.1) is 0 Å². The maximum atomic E-state index is 11.7. The van der Waals surface area contributed by atoms with E-state index in [0.717, 1.165) is 0 Å². The molecule has 108 valence electrons. The van der Waals surface area contributed by atoms with Crippen LogP contribution in [0.15, 0.2) is 24.3 Å². The van der Waals surface area contributed by atoms with Crippen molar-refractivity contribution < 1.29 is 13.2 Å². The Labute approximate surface area is 127 Å². The molecule has 1 N–H and O–H groups in total. The predicted octanol–water partition coefficient (Wildman–Crippen LogP) is 2.31. The van der Waals surface area contributed by atoms with E-state index < -0.39 is 9.84 Å². The minimum Gasteiger partial charge on any atom is -0.349 e. The molecule has 2 rings (SSSR count). The molecule has 1 aliphatic rings. The molecule has 20 heavy (non-hydrogen) atoms. The van der Waals surface area contributed by atoms with Gasteiger partial charge in [-0.15, -0.1) is 0 Å². The highest BCUT2D eigenvalue weighted by Crippen LogP contribution is 2.19. The normalized spacial score (nSPS) is 21.2. The number of hydrogen-bond donors (Lipinski definition) is 1. The van der Waals surface area contributed by atoms with Gasteiger partial charge in [-0.05, 0) is 36.3 Å². The summed E-state index contributed by atoms with van der Waals surface area (Å²) in [4.78, 5) is 11.7. The molecule has 1 aliphatic heterocycles. The summed E-state index contributed by atoms with van der Waals surface area (Å²) in [7, 11) is -2.99. The van der Waals surface area contributed by atoms with Gasteiger partial charge in [0, 0.05) is 22.2 Å². The van der Waals surface area contributed by atoms with Crippen LogP contribution >= 0.6 is 23.2 Å². The Morgan fingerprint density at radius 2 is 1.90 bits per heavy atom. The molecule has 0 radical (unpaired) electrons. The van der Waals surface area contributed by atoms with Crippen molar-refractivity contribution in [1.29, 1.82) is 0 Å². The van der Waals surface area contributed by atoms with Crippen molar-refractivity contribution in [1.82, 2.24) is 5.32 Å². The number of amides is 1. The van der Waals surface area contributed by atoms with Gasteiger partial charge in [0.15, 0.2) is 9.84 Å². The van der Waals surface area contributed by atoms with Gasteiger partial charge in [0.2, 0.25) is 5.91 Å². The number of benzene rings is 1. The Kier molecular flexibility index (Phi) is 4.73. The average Bonchev–Trinajstić information content (AvgIpc) is 2.65. The number of halogens is 2. The first-order valence-corrected chi connectivity index (χ1v) is 8.57. The molecular weight excluding hydrogens is 321 g/mol. The van der Waals surface area contributed by atoms with E-state index in [2.05, 4.69) is 5.32 Å². The second-order valence-corrected chi connectivity index (χ2v) is 7.75. The first-order valence-electron chi connectivity index (χ1n) is 5.99. The fourth-order valence-electron chi connectivity index (χ4n) is 2.00. The van der Waals surface area contributed by atoms with Gasteiger partial charge < -0.3 is 5.32 Å². The molecule has 0 bridgehead atoms. The second-order valence-electron chi connectivity index (χ2n) is 4.64. The first-order chi connectivity index (χ1) is 9.34. The molecule has 1 fully saturated rings. The molecule has 0 saturated carbocycles. The van der Waals surface area contributed by atoms with Gasteiger partial charge in [0.25, 0.3) is 0 Å². The quantitative estimate of drug-likeness (QED) is 0.863. The lowest BCUT2D eigenvalue weighted by molar-refractivity contribution is -0.116. The summed E-state index contributed by atoms with van der Waals surface area (Å²) in [5.41, 5.74) is 0.705. The molecule has 7 heteroatoms. The zero-order valence-electron chi connectivity index (χ0n) is 10.5. The summed E-state index contributed by atoms with van der Waals surface area (Å²) in [6.07, 6.45) is 3.38. The summed E-state index contributed by atoms with van der Waals surface area (Å²) in [6, 6.07) is 4.65. The van der Waals surface area contributed by atoms with Crippen LogP contribution in [0.4, 0.5) is 0 Å². The lowest BCUT2D eigenvalue weighted by atomic mass is 10.2. The van der Waals surface area contributed by atoms with E-state index in [1.54, 1.807) is 24.3 Å². The van der Waals surface area contributed by atoms with Crippen LogP contribution in [-0.2, 0) is 14.6 Å². The number of nitrogens with one attached hydrogen (secondary N) is 1. The third-order valence-corrected chi connectivity index (χ3v) is 5.10. The number of carbonyl (C=O) groups excluding carboxylic acids is 1. The zero-order valence-corrected chi connectivity index (χ0v) is 12.8. The summed E-state index contributed by atoms with van der Waals surface area (Å²) < 4.78 is 22.6. The van der Waals surface area contributed by atoms with Crippen molar-refractivity contribution >= 4 is 45.0 Å². The zero-order chi connectivity index (χ0) is 14.8. The first kappa shape index (κ1) is 15.4. The molecule has 0 aromatic heterocycles. The molecule has 1 aromatic carbocycles. The Balaban J connectivity index is 1.96. The van der Waals surface area contributed by atoms with Gasteiger partial charge >= 0.3 is 0 Å². The lowest BCUT2D eigenvalue weighted by Crippen LogP contribution is -2.34. The van der Waals surface area contributed by atoms with Gasteiger partial charge in [-0.25, -0.2) is 8.42 Å². The van der Waals surface area contributed by atoms with Crippen LogP contribution in [0.2, 0.25) is 10.0 Å². The molecule has 1 unspecified atom stereocenters. The van der Waals surface area contributed by atoms with E-state index in [1.165, 1.54) is 6.08 Å². The van der Waals surface area contributed by atoms with Gasteiger partial charge in [-0.2, -0.15) is 0 Å². The van der Waals surface area contributed by atoms with E-state index in [-0.39, 0.29) is 23.5 Å². The largest absolute Gasteiger partial charge is 0.349 e. The van der Waals surface area contributed by atoms with Crippen LogP contribution in [0.1, 0.15) is 12.0 Å². The number of rotatable bonds is 3. The summed E-state index contributed by atoms with van der Waals surface area (Å²) in [5, 5.41) is 3.63. The molecule has 4 nitrogen and oxygen atoms in total. The number of carbonyl (C=O) groups is 1. The van der Waals surface area contributed by atoms with E-state index >= 15 is 0 Å². The molecule has 1 saturated heterocycles. The highest BCUT2D eigenvalue weighted by atomic mass is 35.5. The Hall–Kier alpha value is -1.04. The lowest BCUT2D eigenvalue weighted by Gasteiger charge is -2.07. The van der Waals surface area contributed by atoms with Gasteiger partial charge in [0.1, 0.15) is 0 Å². The molecule has 1 atom stereocenters. The average molecular weight is 334 g/mol. The van der Waals surface area contributed by atoms with Crippen LogP contribution in [-0.4, -0.2) is 31.9 Å². The standard InChI is InChI=1S/C13H13Cl2NO3S/c14-10-5-9(6-11(15)7-10)1-2-13(17)16-12-3-4-20(18,19)8-12/h1-2,5-7,12H,3-4,8H2,(H,16,17). The molecule has 0 aliphatic carbocycles. The Bertz CT molecular complexity index is 635. The number of sulfone groups is 1. The molecule has 0 spiro atoms. The Morgan fingerprint density at radius 1 is 1.25 bits per heavy atom. The van der Waals surface area contributed by atoms with Crippen molar-refractivity contribution in [2.24, 2.45) is 0 Å². The Morgan fingerprint density at radius 3 is 2.45 bits per heavy atom. The van der Waals surface area contributed by atoms with Crippen molar-refractivity contribution in [2.45, 2.75) is 12.5 Å². The van der Waals surface area contributed by atoms with Crippen LogP contribution in [0.3, 0.4) is 0 Å². The van der Waals surface area contributed by atoms with E-state index in [9.17, 15) is 13.2 Å². The second kappa shape index (κ2) is 6.16. The van der Waals surface area contributed by atoms with Crippen molar-refractivity contribution in [3.05, 3.63) is 39.9 Å². The highest BCUT2D eigenvalue weighted by molar-refractivity contribution is 7.91. The molecule has 1 aromatic rings.